The summed E-state index contributed by atoms with van der Waals surface area (Å²) in [5.74, 6) is 0. The van der Waals surface area contributed by atoms with Crippen LogP contribution in [-0.2, 0) is 6.54 Å². The van der Waals surface area contributed by atoms with Gasteiger partial charge in [-0.25, -0.2) is 0 Å². The van der Waals surface area contributed by atoms with Gasteiger partial charge in [-0.3, -0.25) is 9.88 Å². The lowest BCUT2D eigenvalue weighted by molar-refractivity contribution is 0.159. The molecule has 0 saturated heterocycles. The van der Waals surface area contributed by atoms with Gasteiger partial charge in [0.2, 0.25) is 0 Å². The summed E-state index contributed by atoms with van der Waals surface area (Å²) in [6.45, 7) is 12.2. The van der Waals surface area contributed by atoms with E-state index in [1.807, 2.05) is 18.3 Å². The minimum Gasteiger partial charge on any atom is -0.314 e. The number of rotatable bonds is 8. The molecule has 19 heavy (non-hydrogen) atoms. The van der Waals surface area contributed by atoms with Crippen LogP contribution in [0, 0.1) is 5.41 Å². The lowest BCUT2D eigenvalue weighted by atomic mass is 9.84. The Kier molecular flexibility index (Phi) is 6.46. The fraction of sp³-hybridized carbons (Fsp3) is 0.688. The molecule has 0 aliphatic rings. The summed E-state index contributed by atoms with van der Waals surface area (Å²) >= 11 is 0. The minimum atomic E-state index is 0.249. The zero-order valence-electron chi connectivity index (χ0n) is 13.1. The molecule has 0 fully saturated rings. The molecule has 108 valence electrons. The van der Waals surface area contributed by atoms with Crippen molar-refractivity contribution in [3.05, 3.63) is 30.1 Å². The molecule has 0 bridgehead atoms. The van der Waals surface area contributed by atoms with Gasteiger partial charge in [0, 0.05) is 25.3 Å². The van der Waals surface area contributed by atoms with Crippen molar-refractivity contribution in [1.82, 2.24) is 15.2 Å². The first kappa shape index (κ1) is 16.1. The standard InChI is InChI=1S/C16H29N3/c1-6-10-17-14(2)16(3,4)13-19(5)12-15-9-7-8-11-18-15/h7-9,11,14,17H,6,10,12-13H2,1-5H3. The van der Waals surface area contributed by atoms with E-state index in [2.05, 4.69) is 56.0 Å². The number of nitrogens with zero attached hydrogens (tertiary/aromatic N) is 2. The quantitative estimate of drug-likeness (QED) is 0.781. The summed E-state index contributed by atoms with van der Waals surface area (Å²) in [7, 11) is 2.17. The number of hydrogen-bond acceptors (Lipinski definition) is 3. The van der Waals surface area contributed by atoms with E-state index >= 15 is 0 Å². The summed E-state index contributed by atoms with van der Waals surface area (Å²) in [4.78, 5) is 6.74. The molecule has 1 N–H and O–H groups in total. The van der Waals surface area contributed by atoms with Crippen molar-refractivity contribution < 1.29 is 0 Å². The van der Waals surface area contributed by atoms with E-state index in [4.69, 9.17) is 0 Å². The maximum Gasteiger partial charge on any atom is 0.0543 e. The summed E-state index contributed by atoms with van der Waals surface area (Å²) in [6.07, 6.45) is 3.05. The Hall–Kier alpha value is -0.930. The summed E-state index contributed by atoms with van der Waals surface area (Å²) in [5, 5.41) is 3.60. The molecular weight excluding hydrogens is 234 g/mol. The molecule has 1 aromatic heterocycles. The third-order valence-electron chi connectivity index (χ3n) is 3.71. The normalized spacial score (nSPS) is 13.8. The highest BCUT2D eigenvalue weighted by molar-refractivity contribution is 5.03. The van der Waals surface area contributed by atoms with Gasteiger partial charge in [-0.1, -0.05) is 26.8 Å². The van der Waals surface area contributed by atoms with E-state index in [1.54, 1.807) is 0 Å². The maximum absolute atomic E-state index is 4.39. The van der Waals surface area contributed by atoms with Crippen LogP contribution in [0.15, 0.2) is 24.4 Å². The van der Waals surface area contributed by atoms with Crippen molar-refractivity contribution in [2.75, 3.05) is 20.1 Å². The minimum absolute atomic E-state index is 0.249. The van der Waals surface area contributed by atoms with Gasteiger partial charge in [-0.05, 0) is 44.5 Å². The fourth-order valence-electron chi connectivity index (χ4n) is 2.29. The third kappa shape index (κ3) is 5.70. The van der Waals surface area contributed by atoms with Crippen LogP contribution in [0.2, 0.25) is 0 Å². The zero-order valence-corrected chi connectivity index (χ0v) is 13.1. The average Bonchev–Trinajstić information content (AvgIpc) is 2.36. The Balaban J connectivity index is 2.47. The molecule has 0 amide bonds. The summed E-state index contributed by atoms with van der Waals surface area (Å²) in [6, 6.07) is 6.61. The molecule has 0 spiro atoms. The monoisotopic (exact) mass is 263 g/mol. The first-order chi connectivity index (χ1) is 8.95. The van der Waals surface area contributed by atoms with Crippen molar-refractivity contribution in [2.24, 2.45) is 5.41 Å². The van der Waals surface area contributed by atoms with E-state index in [9.17, 15) is 0 Å². The van der Waals surface area contributed by atoms with E-state index in [0.717, 1.165) is 25.3 Å². The van der Waals surface area contributed by atoms with E-state index in [1.165, 1.54) is 6.42 Å². The second kappa shape index (κ2) is 7.61. The van der Waals surface area contributed by atoms with Crippen LogP contribution < -0.4 is 5.32 Å². The predicted octanol–water partition coefficient (Wildman–Crippen LogP) is 2.93. The number of pyridine rings is 1. The SMILES string of the molecule is CCCNC(C)C(C)(C)CN(C)Cc1ccccn1. The topological polar surface area (TPSA) is 28.2 Å². The van der Waals surface area contributed by atoms with Crippen molar-refractivity contribution >= 4 is 0 Å². The number of aromatic nitrogens is 1. The van der Waals surface area contributed by atoms with E-state index < -0.39 is 0 Å². The zero-order chi connectivity index (χ0) is 14.3. The second-order valence-corrected chi connectivity index (χ2v) is 6.16. The van der Waals surface area contributed by atoms with Gasteiger partial charge in [0.15, 0.2) is 0 Å². The van der Waals surface area contributed by atoms with Gasteiger partial charge >= 0.3 is 0 Å². The van der Waals surface area contributed by atoms with Crippen LogP contribution in [-0.4, -0.2) is 36.1 Å². The highest BCUT2D eigenvalue weighted by Crippen LogP contribution is 2.22. The van der Waals surface area contributed by atoms with Gasteiger partial charge in [0.05, 0.1) is 5.69 Å². The van der Waals surface area contributed by atoms with Crippen LogP contribution in [0.25, 0.3) is 0 Å². The van der Waals surface area contributed by atoms with Gasteiger partial charge in [0.1, 0.15) is 0 Å². The first-order valence-electron chi connectivity index (χ1n) is 7.27. The molecule has 0 aliphatic heterocycles. The molecule has 1 unspecified atom stereocenters. The molecular formula is C16H29N3. The second-order valence-electron chi connectivity index (χ2n) is 6.16. The lowest BCUT2D eigenvalue weighted by Gasteiger charge is -2.36. The maximum atomic E-state index is 4.39. The lowest BCUT2D eigenvalue weighted by Crippen LogP contribution is -2.46. The van der Waals surface area contributed by atoms with Crippen LogP contribution >= 0.6 is 0 Å². The Morgan fingerprint density at radius 2 is 2.11 bits per heavy atom. The predicted molar refractivity (Wildman–Crippen MR) is 82.1 cm³/mol. The van der Waals surface area contributed by atoms with Gasteiger partial charge in [-0.2, -0.15) is 0 Å². The molecule has 0 saturated carbocycles. The highest BCUT2D eigenvalue weighted by atomic mass is 15.1. The average molecular weight is 263 g/mol. The fourth-order valence-corrected chi connectivity index (χ4v) is 2.29. The summed E-state index contributed by atoms with van der Waals surface area (Å²) < 4.78 is 0. The Morgan fingerprint density at radius 1 is 1.37 bits per heavy atom. The van der Waals surface area contributed by atoms with E-state index in [-0.39, 0.29) is 5.41 Å². The van der Waals surface area contributed by atoms with Crippen molar-refractivity contribution in [3.63, 3.8) is 0 Å². The van der Waals surface area contributed by atoms with Crippen LogP contribution in [0.3, 0.4) is 0 Å². The van der Waals surface area contributed by atoms with Crippen molar-refractivity contribution in [3.8, 4) is 0 Å². The van der Waals surface area contributed by atoms with Crippen LogP contribution in [0.5, 0.6) is 0 Å². The summed E-state index contributed by atoms with van der Waals surface area (Å²) in [5.41, 5.74) is 1.38. The van der Waals surface area contributed by atoms with E-state index in [0.29, 0.717) is 6.04 Å². The molecule has 3 nitrogen and oxygen atoms in total. The van der Waals surface area contributed by atoms with Crippen LogP contribution in [0.1, 0.15) is 39.8 Å². The molecule has 3 heteroatoms. The largest absolute Gasteiger partial charge is 0.314 e. The molecule has 1 heterocycles. The number of hydrogen-bond donors (Lipinski definition) is 1. The molecule has 0 radical (unpaired) electrons. The van der Waals surface area contributed by atoms with Gasteiger partial charge in [0.25, 0.3) is 0 Å². The van der Waals surface area contributed by atoms with Gasteiger partial charge in [-0.15, -0.1) is 0 Å². The number of nitrogens with one attached hydrogen (secondary N) is 1. The molecule has 0 aliphatic carbocycles. The van der Waals surface area contributed by atoms with Crippen molar-refractivity contribution in [2.45, 2.75) is 46.7 Å². The van der Waals surface area contributed by atoms with Crippen LogP contribution in [0.4, 0.5) is 0 Å². The Bertz CT molecular complexity index is 348. The smallest absolute Gasteiger partial charge is 0.0543 e. The molecule has 1 rings (SSSR count). The molecule has 0 aromatic carbocycles. The Labute approximate surface area is 118 Å². The van der Waals surface area contributed by atoms with Crippen molar-refractivity contribution in [1.29, 1.82) is 0 Å². The molecule has 1 aromatic rings. The first-order valence-corrected chi connectivity index (χ1v) is 7.27. The highest BCUT2D eigenvalue weighted by Gasteiger charge is 2.26. The molecule has 1 atom stereocenters. The Morgan fingerprint density at radius 3 is 2.68 bits per heavy atom. The third-order valence-corrected chi connectivity index (χ3v) is 3.71. The van der Waals surface area contributed by atoms with Gasteiger partial charge < -0.3 is 5.32 Å².